The maximum absolute atomic E-state index is 9.32. The Hall–Kier alpha value is -4.25. The number of imidazole rings is 1. The van der Waals surface area contributed by atoms with Gasteiger partial charge in [-0.25, -0.2) is 4.98 Å². The van der Waals surface area contributed by atoms with Crippen LogP contribution >= 0.6 is 0 Å². The van der Waals surface area contributed by atoms with Crippen LogP contribution in [0.25, 0.3) is 28.4 Å². The summed E-state index contributed by atoms with van der Waals surface area (Å²) < 4.78 is 3.41. The lowest BCUT2D eigenvalue weighted by Crippen LogP contribution is -2.10. The molecule has 11 nitrogen and oxygen atoms in total. The number of anilines is 1. The fraction of sp³-hybridized carbons (Fsp3) is 0.227. The number of rotatable bonds is 7. The maximum Gasteiger partial charge on any atom is 0.256 e. The Labute approximate surface area is 189 Å². The van der Waals surface area contributed by atoms with Gasteiger partial charge >= 0.3 is 0 Å². The quantitative estimate of drug-likeness (QED) is 0.390. The summed E-state index contributed by atoms with van der Waals surface area (Å²) in [6.07, 6.45) is 8.71. The molecule has 5 heterocycles. The zero-order chi connectivity index (χ0) is 22.8. The van der Waals surface area contributed by atoms with Gasteiger partial charge in [0.2, 0.25) is 0 Å². The van der Waals surface area contributed by atoms with Crippen molar-refractivity contribution >= 4 is 17.0 Å². The lowest BCUT2D eigenvalue weighted by molar-refractivity contribution is 0.276. The van der Waals surface area contributed by atoms with E-state index in [1.54, 1.807) is 24.9 Å². The van der Waals surface area contributed by atoms with Crippen LogP contribution in [0.1, 0.15) is 31.1 Å². The molecular weight excluding hydrogens is 420 g/mol. The molecule has 0 atom stereocenters. The molecule has 0 aromatic carbocycles. The molecule has 33 heavy (non-hydrogen) atoms. The van der Waals surface area contributed by atoms with Gasteiger partial charge in [-0.2, -0.15) is 14.6 Å². The number of nitrogens with one attached hydrogen (secondary N) is 1. The monoisotopic (exact) mass is 442 g/mol. The van der Waals surface area contributed by atoms with Crippen molar-refractivity contribution in [3.63, 3.8) is 0 Å². The van der Waals surface area contributed by atoms with E-state index in [-0.39, 0.29) is 12.6 Å². The molecule has 0 unspecified atom stereocenters. The first kappa shape index (κ1) is 20.6. The summed E-state index contributed by atoms with van der Waals surface area (Å²) >= 11 is 0. The number of aliphatic hydroxyl groups is 1. The van der Waals surface area contributed by atoms with E-state index in [4.69, 9.17) is 0 Å². The number of aromatic nitrogens is 9. The first-order valence-electron chi connectivity index (χ1n) is 10.5. The first-order chi connectivity index (χ1) is 16.1. The largest absolute Gasteiger partial charge is 0.390 e. The summed E-state index contributed by atoms with van der Waals surface area (Å²) in [6, 6.07) is 8.01. The number of nitrogens with zero attached hydrogens (tertiary/aromatic N) is 9. The van der Waals surface area contributed by atoms with E-state index in [2.05, 4.69) is 54.4 Å². The molecule has 0 fully saturated rings. The molecule has 5 aromatic rings. The molecule has 166 valence electrons. The number of hydrogen-bond donors (Lipinski definition) is 2. The molecule has 0 aliphatic heterocycles. The third kappa shape index (κ3) is 4.13. The van der Waals surface area contributed by atoms with Crippen LogP contribution in [0.2, 0.25) is 0 Å². The minimum atomic E-state index is -0.209. The molecule has 11 heteroatoms. The second-order valence-electron chi connectivity index (χ2n) is 7.75. The van der Waals surface area contributed by atoms with E-state index >= 15 is 0 Å². The van der Waals surface area contributed by atoms with Crippen LogP contribution in [0, 0.1) is 0 Å². The highest BCUT2D eigenvalue weighted by Crippen LogP contribution is 2.24. The van der Waals surface area contributed by atoms with E-state index in [0.717, 1.165) is 16.8 Å². The Morgan fingerprint density at radius 3 is 2.70 bits per heavy atom. The normalized spacial score (nSPS) is 11.4. The molecule has 0 aliphatic carbocycles. The second kappa shape index (κ2) is 8.71. The Bertz CT molecular complexity index is 1380. The molecule has 0 spiro atoms. The van der Waals surface area contributed by atoms with E-state index in [0.29, 0.717) is 35.2 Å². The predicted octanol–water partition coefficient (Wildman–Crippen LogP) is 2.55. The van der Waals surface area contributed by atoms with Crippen molar-refractivity contribution in [2.24, 2.45) is 0 Å². The highest BCUT2D eigenvalue weighted by molar-refractivity contribution is 5.83. The van der Waals surface area contributed by atoms with Gasteiger partial charge in [-0.05, 0) is 37.6 Å². The van der Waals surface area contributed by atoms with Crippen LogP contribution in [-0.4, -0.2) is 49.6 Å². The van der Waals surface area contributed by atoms with Crippen molar-refractivity contribution in [3.05, 3.63) is 66.6 Å². The standard InChI is InChI=1S/C22H22N10O/c1-14(2)31-13-26-19-20(27-22(28-21(19)31)32-11-17(12-33)29-30-32)25-9-15-5-6-18(24-8-15)16-4-3-7-23-10-16/h3-8,10-11,13-14,33H,9,12H2,1-2H3,(H,25,27,28). The summed E-state index contributed by atoms with van der Waals surface area (Å²) in [4.78, 5) is 22.5. The van der Waals surface area contributed by atoms with Crippen LogP contribution in [-0.2, 0) is 13.2 Å². The van der Waals surface area contributed by atoms with E-state index < -0.39 is 0 Å². The SMILES string of the molecule is CC(C)n1cnc2c(NCc3ccc(-c4cccnc4)nc3)nc(-n3cc(CO)nn3)nc21. The van der Waals surface area contributed by atoms with Crippen LogP contribution in [0.3, 0.4) is 0 Å². The Balaban J connectivity index is 1.45. The van der Waals surface area contributed by atoms with Gasteiger partial charge in [-0.3, -0.25) is 9.97 Å². The molecule has 0 saturated heterocycles. The summed E-state index contributed by atoms with van der Waals surface area (Å²) in [5.74, 6) is 0.913. The second-order valence-corrected chi connectivity index (χ2v) is 7.75. The van der Waals surface area contributed by atoms with Crippen molar-refractivity contribution in [2.75, 3.05) is 5.32 Å². The van der Waals surface area contributed by atoms with Crippen molar-refractivity contribution in [2.45, 2.75) is 33.0 Å². The molecule has 0 radical (unpaired) electrons. The average Bonchev–Trinajstić information content (AvgIpc) is 3.51. The van der Waals surface area contributed by atoms with E-state index in [1.807, 2.05) is 35.0 Å². The van der Waals surface area contributed by atoms with Gasteiger partial charge < -0.3 is 15.0 Å². The average molecular weight is 442 g/mol. The predicted molar refractivity (Wildman–Crippen MR) is 121 cm³/mol. The number of pyridine rings is 2. The summed E-state index contributed by atoms with van der Waals surface area (Å²) in [6.45, 7) is 4.41. The van der Waals surface area contributed by atoms with Crippen LogP contribution < -0.4 is 5.32 Å². The summed E-state index contributed by atoms with van der Waals surface area (Å²) in [5.41, 5.74) is 4.60. The van der Waals surface area contributed by atoms with Crippen LogP contribution in [0.15, 0.2) is 55.4 Å². The van der Waals surface area contributed by atoms with Gasteiger partial charge in [0, 0.05) is 36.7 Å². The summed E-state index contributed by atoms with van der Waals surface area (Å²) in [5, 5.41) is 20.6. The molecule has 0 aliphatic rings. The molecule has 0 saturated carbocycles. The van der Waals surface area contributed by atoms with Gasteiger partial charge in [0.1, 0.15) is 5.69 Å². The minimum Gasteiger partial charge on any atom is -0.390 e. The topological polar surface area (TPSA) is 132 Å². The third-order valence-corrected chi connectivity index (χ3v) is 5.12. The van der Waals surface area contributed by atoms with E-state index in [9.17, 15) is 5.11 Å². The Kier molecular flexibility index (Phi) is 5.45. The zero-order valence-electron chi connectivity index (χ0n) is 18.2. The smallest absolute Gasteiger partial charge is 0.256 e. The Morgan fingerprint density at radius 1 is 1.09 bits per heavy atom. The minimum absolute atomic E-state index is 0.165. The fourth-order valence-corrected chi connectivity index (χ4v) is 3.38. The van der Waals surface area contributed by atoms with Crippen molar-refractivity contribution in [1.29, 1.82) is 0 Å². The first-order valence-corrected chi connectivity index (χ1v) is 10.5. The van der Waals surface area contributed by atoms with E-state index in [1.165, 1.54) is 4.68 Å². The van der Waals surface area contributed by atoms with Crippen molar-refractivity contribution in [1.82, 2.24) is 44.5 Å². The molecule has 2 N–H and O–H groups in total. The third-order valence-electron chi connectivity index (χ3n) is 5.12. The molecule has 5 rings (SSSR count). The fourth-order valence-electron chi connectivity index (χ4n) is 3.38. The van der Waals surface area contributed by atoms with Gasteiger partial charge in [-0.1, -0.05) is 11.3 Å². The lowest BCUT2D eigenvalue weighted by Gasteiger charge is -2.11. The van der Waals surface area contributed by atoms with Gasteiger partial charge in [0.25, 0.3) is 5.95 Å². The molecule has 0 amide bonds. The molecule has 0 bridgehead atoms. The van der Waals surface area contributed by atoms with Gasteiger partial charge in [0.05, 0.1) is 24.8 Å². The van der Waals surface area contributed by atoms with Crippen molar-refractivity contribution < 1.29 is 5.11 Å². The summed E-state index contributed by atoms with van der Waals surface area (Å²) in [7, 11) is 0. The number of aliphatic hydroxyl groups excluding tert-OH is 1. The van der Waals surface area contributed by atoms with Gasteiger partial charge in [-0.15, -0.1) is 5.10 Å². The maximum atomic E-state index is 9.32. The molecule has 5 aromatic heterocycles. The highest BCUT2D eigenvalue weighted by Gasteiger charge is 2.17. The van der Waals surface area contributed by atoms with Crippen LogP contribution in [0.4, 0.5) is 5.82 Å². The highest BCUT2D eigenvalue weighted by atomic mass is 16.3. The molecular formula is C22H22N10O. The zero-order valence-corrected chi connectivity index (χ0v) is 18.2. The lowest BCUT2D eigenvalue weighted by atomic mass is 10.1. The van der Waals surface area contributed by atoms with Crippen molar-refractivity contribution in [3.8, 4) is 17.2 Å². The number of fused-ring (bicyclic) bond motifs is 1. The Morgan fingerprint density at radius 2 is 2.00 bits per heavy atom. The van der Waals surface area contributed by atoms with Crippen LogP contribution in [0.5, 0.6) is 0 Å². The number of hydrogen-bond acceptors (Lipinski definition) is 9. The van der Waals surface area contributed by atoms with Gasteiger partial charge in [0.15, 0.2) is 17.0 Å².